The van der Waals surface area contributed by atoms with Crippen molar-refractivity contribution in [2.45, 2.75) is 25.8 Å². The molecule has 1 heterocycles. The number of hydrogen-bond acceptors (Lipinski definition) is 3. The summed E-state index contributed by atoms with van der Waals surface area (Å²) in [5.74, 6) is 0.653. The summed E-state index contributed by atoms with van der Waals surface area (Å²) < 4.78 is 5.02. The van der Waals surface area contributed by atoms with Crippen LogP contribution in [0.5, 0.6) is 5.88 Å². The Hall–Kier alpha value is -1.35. The minimum absolute atomic E-state index is 0.315. The van der Waals surface area contributed by atoms with Gasteiger partial charge in [0.1, 0.15) is 0 Å². The fraction of sp³-hybridized carbons (Fsp3) is 0.462. The van der Waals surface area contributed by atoms with Gasteiger partial charge in [0.25, 0.3) is 0 Å². The number of rotatable bonds is 7. The first-order valence-corrected chi connectivity index (χ1v) is 5.65. The van der Waals surface area contributed by atoms with Gasteiger partial charge in [-0.1, -0.05) is 19.1 Å². The first-order valence-electron chi connectivity index (χ1n) is 5.65. The van der Waals surface area contributed by atoms with Crippen molar-refractivity contribution in [1.29, 1.82) is 0 Å². The molecule has 0 saturated heterocycles. The van der Waals surface area contributed by atoms with E-state index in [2.05, 4.69) is 23.8 Å². The number of aromatic nitrogens is 1. The molecule has 0 aliphatic heterocycles. The van der Waals surface area contributed by atoms with Crippen molar-refractivity contribution in [2.24, 2.45) is 0 Å². The van der Waals surface area contributed by atoms with Crippen LogP contribution in [0.25, 0.3) is 0 Å². The van der Waals surface area contributed by atoms with Gasteiger partial charge in [0.15, 0.2) is 0 Å². The van der Waals surface area contributed by atoms with Crippen molar-refractivity contribution in [1.82, 2.24) is 10.3 Å². The van der Waals surface area contributed by atoms with Crippen molar-refractivity contribution in [2.75, 3.05) is 13.7 Å². The molecule has 0 aliphatic rings. The molecule has 16 heavy (non-hydrogen) atoms. The highest BCUT2D eigenvalue weighted by Crippen LogP contribution is 2.08. The number of methoxy groups -OCH3 is 1. The standard InChI is InChI=1S/C13H20N2O/c1-4-8-14-12(5-2)9-11-6-7-13(16-3)15-10-11/h5-7,10,12,14H,2,4,8-9H2,1,3H3. The molecule has 0 spiro atoms. The third-order valence-electron chi connectivity index (χ3n) is 2.40. The van der Waals surface area contributed by atoms with E-state index in [1.54, 1.807) is 7.11 Å². The molecular weight excluding hydrogens is 200 g/mol. The fourth-order valence-corrected chi connectivity index (χ4v) is 1.47. The molecule has 3 heteroatoms. The Kier molecular flexibility index (Phi) is 5.57. The SMILES string of the molecule is C=CC(Cc1ccc(OC)nc1)NCCC. The summed E-state index contributed by atoms with van der Waals surface area (Å²) in [5, 5.41) is 3.42. The van der Waals surface area contributed by atoms with Gasteiger partial charge in [-0.15, -0.1) is 6.58 Å². The predicted molar refractivity (Wildman–Crippen MR) is 66.8 cm³/mol. The zero-order valence-electron chi connectivity index (χ0n) is 10.1. The summed E-state index contributed by atoms with van der Waals surface area (Å²) in [7, 11) is 1.62. The highest BCUT2D eigenvalue weighted by molar-refractivity contribution is 5.19. The Bertz CT molecular complexity index is 308. The number of nitrogens with zero attached hydrogens (tertiary/aromatic N) is 1. The van der Waals surface area contributed by atoms with Gasteiger partial charge < -0.3 is 10.1 Å². The fourth-order valence-electron chi connectivity index (χ4n) is 1.47. The molecule has 0 radical (unpaired) electrons. The monoisotopic (exact) mass is 220 g/mol. The largest absolute Gasteiger partial charge is 0.481 e. The highest BCUT2D eigenvalue weighted by Gasteiger charge is 2.04. The molecule has 0 bridgehead atoms. The second kappa shape index (κ2) is 7.01. The number of pyridine rings is 1. The first-order chi connectivity index (χ1) is 7.80. The van der Waals surface area contributed by atoms with Crippen LogP contribution in [0.1, 0.15) is 18.9 Å². The van der Waals surface area contributed by atoms with Crippen molar-refractivity contribution in [3.63, 3.8) is 0 Å². The third kappa shape index (κ3) is 4.03. The van der Waals surface area contributed by atoms with Crippen molar-refractivity contribution in [3.05, 3.63) is 36.5 Å². The van der Waals surface area contributed by atoms with E-state index in [0.717, 1.165) is 19.4 Å². The van der Waals surface area contributed by atoms with Crippen LogP contribution in [0.3, 0.4) is 0 Å². The maximum Gasteiger partial charge on any atom is 0.212 e. The predicted octanol–water partition coefficient (Wildman–Crippen LogP) is 2.19. The van der Waals surface area contributed by atoms with Crippen LogP contribution < -0.4 is 10.1 Å². The lowest BCUT2D eigenvalue weighted by atomic mass is 10.1. The van der Waals surface area contributed by atoms with Gasteiger partial charge in [-0.3, -0.25) is 0 Å². The van der Waals surface area contributed by atoms with Gasteiger partial charge in [0, 0.05) is 18.3 Å². The van der Waals surface area contributed by atoms with E-state index in [4.69, 9.17) is 4.74 Å². The van der Waals surface area contributed by atoms with E-state index in [-0.39, 0.29) is 0 Å². The molecule has 1 N–H and O–H groups in total. The lowest BCUT2D eigenvalue weighted by molar-refractivity contribution is 0.397. The zero-order valence-corrected chi connectivity index (χ0v) is 10.1. The van der Waals surface area contributed by atoms with E-state index in [1.165, 1.54) is 5.56 Å². The van der Waals surface area contributed by atoms with Gasteiger partial charge in [-0.25, -0.2) is 4.98 Å². The molecule has 0 fully saturated rings. The van der Waals surface area contributed by atoms with Gasteiger partial charge in [-0.2, -0.15) is 0 Å². The minimum Gasteiger partial charge on any atom is -0.481 e. The number of nitrogens with one attached hydrogen (secondary N) is 1. The van der Waals surface area contributed by atoms with Gasteiger partial charge in [-0.05, 0) is 24.9 Å². The van der Waals surface area contributed by atoms with Gasteiger partial charge >= 0.3 is 0 Å². The summed E-state index contributed by atoms with van der Waals surface area (Å²) in [5.41, 5.74) is 1.19. The average molecular weight is 220 g/mol. The maximum absolute atomic E-state index is 5.02. The summed E-state index contributed by atoms with van der Waals surface area (Å²) >= 11 is 0. The van der Waals surface area contributed by atoms with Crippen LogP contribution >= 0.6 is 0 Å². The van der Waals surface area contributed by atoms with Crippen molar-refractivity contribution in [3.8, 4) is 5.88 Å². The molecular formula is C13H20N2O. The molecule has 3 nitrogen and oxygen atoms in total. The average Bonchev–Trinajstić information content (AvgIpc) is 2.35. The second-order valence-electron chi connectivity index (χ2n) is 3.71. The van der Waals surface area contributed by atoms with E-state index in [1.807, 2.05) is 24.4 Å². The molecule has 0 amide bonds. The highest BCUT2D eigenvalue weighted by atomic mass is 16.5. The summed E-state index contributed by atoms with van der Waals surface area (Å²) in [4.78, 5) is 4.18. The summed E-state index contributed by atoms with van der Waals surface area (Å²) in [6.07, 6.45) is 5.84. The normalized spacial score (nSPS) is 12.1. The van der Waals surface area contributed by atoms with Crippen molar-refractivity contribution >= 4 is 0 Å². The Labute approximate surface area is 97.5 Å². The number of hydrogen-bond donors (Lipinski definition) is 1. The molecule has 1 aromatic heterocycles. The summed E-state index contributed by atoms with van der Waals surface area (Å²) in [6.45, 7) is 7.01. The molecule has 0 saturated carbocycles. The van der Waals surface area contributed by atoms with Gasteiger partial charge in [0.2, 0.25) is 5.88 Å². The molecule has 1 unspecified atom stereocenters. The zero-order chi connectivity index (χ0) is 11.8. The smallest absolute Gasteiger partial charge is 0.212 e. The van der Waals surface area contributed by atoms with E-state index in [9.17, 15) is 0 Å². The minimum atomic E-state index is 0.315. The maximum atomic E-state index is 5.02. The first kappa shape index (κ1) is 12.7. The Balaban J connectivity index is 2.52. The second-order valence-corrected chi connectivity index (χ2v) is 3.71. The lowest BCUT2D eigenvalue weighted by Gasteiger charge is -2.13. The number of ether oxygens (including phenoxy) is 1. The third-order valence-corrected chi connectivity index (χ3v) is 2.40. The van der Waals surface area contributed by atoms with Crippen LogP contribution in [-0.4, -0.2) is 24.7 Å². The van der Waals surface area contributed by atoms with E-state index >= 15 is 0 Å². The van der Waals surface area contributed by atoms with Crippen LogP contribution in [0.15, 0.2) is 31.0 Å². The Morgan fingerprint density at radius 1 is 1.56 bits per heavy atom. The Morgan fingerprint density at radius 3 is 2.88 bits per heavy atom. The van der Waals surface area contributed by atoms with Crippen LogP contribution in [0.4, 0.5) is 0 Å². The van der Waals surface area contributed by atoms with Crippen LogP contribution in [0, 0.1) is 0 Å². The van der Waals surface area contributed by atoms with Crippen molar-refractivity contribution < 1.29 is 4.74 Å². The molecule has 1 atom stereocenters. The molecule has 1 aromatic rings. The molecule has 88 valence electrons. The lowest BCUT2D eigenvalue weighted by Crippen LogP contribution is -2.29. The molecule has 1 rings (SSSR count). The van der Waals surface area contributed by atoms with Crippen LogP contribution in [-0.2, 0) is 6.42 Å². The van der Waals surface area contributed by atoms with E-state index < -0.39 is 0 Å². The summed E-state index contributed by atoms with van der Waals surface area (Å²) in [6, 6.07) is 4.24. The topological polar surface area (TPSA) is 34.1 Å². The molecule has 0 aliphatic carbocycles. The van der Waals surface area contributed by atoms with Crippen LogP contribution in [0.2, 0.25) is 0 Å². The van der Waals surface area contributed by atoms with Gasteiger partial charge in [0.05, 0.1) is 7.11 Å². The quantitative estimate of drug-likeness (QED) is 0.715. The Morgan fingerprint density at radius 2 is 2.38 bits per heavy atom. The molecule has 0 aromatic carbocycles. The van der Waals surface area contributed by atoms with E-state index in [0.29, 0.717) is 11.9 Å².